The predicted octanol–water partition coefficient (Wildman–Crippen LogP) is 0.600. The molecule has 98 valence electrons. The highest BCUT2D eigenvalue weighted by molar-refractivity contribution is 7.89. The minimum absolute atomic E-state index is 0.122. The first kappa shape index (κ1) is 13.3. The fourth-order valence-corrected chi connectivity index (χ4v) is 3.28. The number of piperazine rings is 1. The summed E-state index contributed by atoms with van der Waals surface area (Å²) in [5.74, 6) is -1.05. The number of amides is 1. The zero-order valence-electron chi connectivity index (χ0n) is 9.19. The van der Waals surface area contributed by atoms with Crippen molar-refractivity contribution in [1.82, 2.24) is 9.62 Å². The van der Waals surface area contributed by atoms with Crippen molar-refractivity contribution in [3.63, 3.8) is 0 Å². The summed E-state index contributed by atoms with van der Waals surface area (Å²) in [6.07, 6.45) is 0. The maximum Gasteiger partial charge on any atom is 0.243 e. The van der Waals surface area contributed by atoms with Gasteiger partial charge in [-0.15, -0.1) is 0 Å². The molecule has 0 saturated carbocycles. The van der Waals surface area contributed by atoms with Crippen LogP contribution in [0.2, 0.25) is 5.02 Å². The number of nitrogens with zero attached hydrogens (tertiary/aromatic N) is 1. The number of hydrogen-bond donors (Lipinski definition) is 1. The van der Waals surface area contributed by atoms with Crippen LogP contribution in [0.3, 0.4) is 0 Å². The number of rotatable bonds is 2. The third-order valence-electron chi connectivity index (χ3n) is 2.53. The van der Waals surface area contributed by atoms with Gasteiger partial charge in [0.05, 0.1) is 16.5 Å². The van der Waals surface area contributed by atoms with Crippen molar-refractivity contribution in [2.24, 2.45) is 0 Å². The molecule has 1 saturated heterocycles. The zero-order valence-corrected chi connectivity index (χ0v) is 10.8. The largest absolute Gasteiger partial charge is 0.354 e. The van der Waals surface area contributed by atoms with Gasteiger partial charge in [-0.3, -0.25) is 4.79 Å². The van der Waals surface area contributed by atoms with Crippen molar-refractivity contribution in [3.05, 3.63) is 29.0 Å². The first-order valence-corrected chi connectivity index (χ1v) is 6.95. The number of carbonyl (C=O) groups excluding carboxylic acids is 1. The number of hydrogen-bond acceptors (Lipinski definition) is 3. The average Bonchev–Trinajstić information content (AvgIpc) is 2.32. The lowest BCUT2D eigenvalue weighted by molar-refractivity contribution is -0.122. The minimum Gasteiger partial charge on any atom is -0.354 e. The fraction of sp³-hybridized carbons (Fsp3) is 0.300. The van der Waals surface area contributed by atoms with E-state index in [2.05, 4.69) is 5.32 Å². The first-order valence-electron chi connectivity index (χ1n) is 5.13. The molecule has 1 N–H and O–H groups in total. The predicted molar refractivity (Wildman–Crippen MR) is 63.2 cm³/mol. The van der Waals surface area contributed by atoms with E-state index in [4.69, 9.17) is 11.6 Å². The molecular weight excluding hydrogens is 283 g/mol. The van der Waals surface area contributed by atoms with Crippen molar-refractivity contribution in [1.29, 1.82) is 0 Å². The van der Waals surface area contributed by atoms with E-state index in [0.29, 0.717) is 0 Å². The molecular formula is C10H10ClFN2O3S. The van der Waals surface area contributed by atoms with Crippen LogP contribution in [0.1, 0.15) is 0 Å². The molecule has 8 heteroatoms. The monoisotopic (exact) mass is 292 g/mol. The van der Waals surface area contributed by atoms with Crippen LogP contribution < -0.4 is 5.32 Å². The van der Waals surface area contributed by atoms with E-state index in [0.717, 1.165) is 22.5 Å². The standard InChI is InChI=1S/C10H10ClFN2O3S/c11-8-5-7(1-2-9(8)12)18(16,17)14-4-3-13-10(15)6-14/h1-2,5H,3-4,6H2,(H,13,15). The van der Waals surface area contributed by atoms with Crippen molar-refractivity contribution in [2.45, 2.75) is 4.90 Å². The molecule has 1 aromatic rings. The van der Waals surface area contributed by atoms with Gasteiger partial charge in [0.1, 0.15) is 5.82 Å². The molecule has 5 nitrogen and oxygen atoms in total. The van der Waals surface area contributed by atoms with Gasteiger partial charge in [0.15, 0.2) is 0 Å². The summed E-state index contributed by atoms with van der Waals surface area (Å²) < 4.78 is 38.3. The van der Waals surface area contributed by atoms with Gasteiger partial charge in [-0.05, 0) is 18.2 Å². The number of benzene rings is 1. The zero-order chi connectivity index (χ0) is 13.3. The molecule has 0 radical (unpaired) electrons. The third kappa shape index (κ3) is 2.47. The quantitative estimate of drug-likeness (QED) is 0.868. The normalized spacial score (nSPS) is 17.6. The van der Waals surface area contributed by atoms with Crippen molar-refractivity contribution in [2.75, 3.05) is 19.6 Å². The maximum absolute atomic E-state index is 13.0. The lowest BCUT2D eigenvalue weighted by atomic mass is 10.3. The van der Waals surface area contributed by atoms with E-state index in [1.807, 2.05) is 0 Å². The second kappa shape index (κ2) is 4.83. The molecule has 0 atom stereocenters. The molecule has 1 fully saturated rings. The summed E-state index contributed by atoms with van der Waals surface area (Å²) in [5, 5.41) is 2.26. The maximum atomic E-state index is 13.0. The van der Waals surface area contributed by atoms with Crippen molar-refractivity contribution in [3.8, 4) is 0 Å². The van der Waals surface area contributed by atoms with Crippen LogP contribution in [0, 0.1) is 5.82 Å². The van der Waals surface area contributed by atoms with Gasteiger partial charge >= 0.3 is 0 Å². The molecule has 1 heterocycles. The van der Waals surface area contributed by atoms with Crippen LogP contribution in [-0.2, 0) is 14.8 Å². The average molecular weight is 293 g/mol. The number of carbonyl (C=O) groups is 1. The molecule has 0 unspecified atom stereocenters. The third-order valence-corrected chi connectivity index (χ3v) is 4.66. The Bertz CT molecular complexity index is 591. The van der Waals surface area contributed by atoms with Crippen LogP contribution in [0.5, 0.6) is 0 Å². The van der Waals surface area contributed by atoms with Crippen LogP contribution >= 0.6 is 11.6 Å². The number of nitrogens with one attached hydrogen (secondary N) is 1. The Morgan fingerprint density at radius 3 is 2.72 bits per heavy atom. The van der Waals surface area contributed by atoms with E-state index in [-0.39, 0.29) is 35.5 Å². The molecule has 0 aliphatic carbocycles. The summed E-state index contributed by atoms with van der Waals surface area (Å²) >= 11 is 5.55. The highest BCUT2D eigenvalue weighted by Crippen LogP contribution is 2.22. The first-order chi connectivity index (χ1) is 8.41. The Morgan fingerprint density at radius 1 is 1.39 bits per heavy atom. The molecule has 0 spiro atoms. The van der Waals surface area contributed by atoms with Gasteiger partial charge in [0, 0.05) is 13.1 Å². The molecule has 2 rings (SSSR count). The van der Waals surface area contributed by atoms with Crippen molar-refractivity contribution >= 4 is 27.5 Å². The minimum atomic E-state index is -3.81. The van der Waals surface area contributed by atoms with Gasteiger partial charge in [-0.25, -0.2) is 12.8 Å². The highest BCUT2D eigenvalue weighted by Gasteiger charge is 2.29. The van der Waals surface area contributed by atoms with Crippen LogP contribution in [0.15, 0.2) is 23.1 Å². The lowest BCUT2D eigenvalue weighted by Crippen LogP contribution is -2.49. The molecule has 0 aromatic heterocycles. The van der Waals surface area contributed by atoms with Gasteiger partial charge in [-0.1, -0.05) is 11.6 Å². The van der Waals surface area contributed by atoms with E-state index < -0.39 is 15.8 Å². The van der Waals surface area contributed by atoms with E-state index in [1.165, 1.54) is 0 Å². The smallest absolute Gasteiger partial charge is 0.243 e. The Kier molecular flexibility index (Phi) is 3.56. The van der Waals surface area contributed by atoms with Crippen LogP contribution in [0.25, 0.3) is 0 Å². The lowest BCUT2D eigenvalue weighted by Gasteiger charge is -2.25. The van der Waals surface area contributed by atoms with E-state index >= 15 is 0 Å². The Labute approximate surface area is 109 Å². The number of halogens is 2. The fourth-order valence-electron chi connectivity index (χ4n) is 1.61. The Hall–Kier alpha value is -1.18. The van der Waals surface area contributed by atoms with E-state index in [9.17, 15) is 17.6 Å². The van der Waals surface area contributed by atoms with E-state index in [1.54, 1.807) is 0 Å². The van der Waals surface area contributed by atoms with Crippen LogP contribution in [-0.4, -0.2) is 38.3 Å². The topological polar surface area (TPSA) is 66.5 Å². The molecule has 0 bridgehead atoms. The Balaban J connectivity index is 2.35. The summed E-state index contributed by atoms with van der Waals surface area (Å²) in [5.41, 5.74) is 0. The molecule has 1 amide bonds. The summed E-state index contributed by atoms with van der Waals surface area (Å²) in [4.78, 5) is 11.0. The Morgan fingerprint density at radius 2 is 2.11 bits per heavy atom. The molecule has 1 aliphatic heterocycles. The summed E-state index contributed by atoms with van der Waals surface area (Å²) in [6, 6.07) is 3.15. The SMILES string of the molecule is O=C1CN(S(=O)(=O)c2ccc(F)c(Cl)c2)CCN1. The summed E-state index contributed by atoms with van der Waals surface area (Å²) in [6.45, 7) is 0.202. The van der Waals surface area contributed by atoms with Gasteiger partial charge < -0.3 is 5.32 Å². The second-order valence-corrected chi connectivity index (χ2v) is 6.11. The summed E-state index contributed by atoms with van der Waals surface area (Å²) in [7, 11) is -3.81. The molecule has 1 aromatic carbocycles. The van der Waals surface area contributed by atoms with Crippen LogP contribution in [0.4, 0.5) is 4.39 Å². The molecule has 18 heavy (non-hydrogen) atoms. The second-order valence-electron chi connectivity index (χ2n) is 3.76. The highest BCUT2D eigenvalue weighted by atomic mass is 35.5. The molecule has 1 aliphatic rings. The van der Waals surface area contributed by atoms with Gasteiger partial charge in [0.2, 0.25) is 15.9 Å². The van der Waals surface area contributed by atoms with Gasteiger partial charge in [-0.2, -0.15) is 4.31 Å². The van der Waals surface area contributed by atoms with Gasteiger partial charge in [0.25, 0.3) is 0 Å². The van der Waals surface area contributed by atoms with Crippen molar-refractivity contribution < 1.29 is 17.6 Å². The number of sulfonamides is 1.